The van der Waals surface area contributed by atoms with Gasteiger partial charge in [0.05, 0.1) is 0 Å². The molecule has 0 aliphatic rings. The Kier molecular flexibility index (Phi) is 9.81. The molecule has 1 heterocycles. The van der Waals surface area contributed by atoms with E-state index in [4.69, 9.17) is 30.2 Å². The van der Waals surface area contributed by atoms with E-state index in [2.05, 4.69) is 115 Å². The van der Waals surface area contributed by atoms with Crippen molar-refractivity contribution in [3.05, 3.63) is 103 Å². The van der Waals surface area contributed by atoms with E-state index in [1.807, 2.05) is 0 Å². The Balaban J connectivity index is 0.000000623. The van der Waals surface area contributed by atoms with E-state index >= 15 is 0 Å². The van der Waals surface area contributed by atoms with Crippen LogP contribution in [0.3, 0.4) is 0 Å². The zero-order chi connectivity index (χ0) is 25.3. The van der Waals surface area contributed by atoms with Crippen molar-refractivity contribution in [3.8, 4) is 33.6 Å². The lowest BCUT2D eigenvalue weighted by Gasteiger charge is -2.18. The van der Waals surface area contributed by atoms with Gasteiger partial charge < -0.3 is 0 Å². The third-order valence-corrected chi connectivity index (χ3v) is 5.85. The normalized spacial score (nSPS) is 11.9. The van der Waals surface area contributed by atoms with E-state index in [0.29, 0.717) is 11.9 Å². The van der Waals surface area contributed by atoms with Gasteiger partial charge in [-0.25, -0.2) is 18.6 Å². The molecule has 35 heavy (non-hydrogen) atoms. The minimum absolute atomic E-state index is 0.331. The molecule has 0 amide bonds. The summed E-state index contributed by atoms with van der Waals surface area (Å²) in [6.07, 6.45) is 1.97. The third-order valence-electron chi connectivity index (χ3n) is 5.63. The summed E-state index contributed by atoms with van der Waals surface area (Å²) in [6.45, 7) is 2.25. The van der Waals surface area contributed by atoms with Crippen molar-refractivity contribution in [3.63, 3.8) is 0 Å². The number of hydrogen-bond donors (Lipinski definition) is 0. The Hall–Kier alpha value is -2.77. The highest BCUT2D eigenvalue weighted by Crippen LogP contribution is 2.31. The molecule has 0 fully saturated rings. The largest absolute Gasteiger partial charge is 0.222 e. The highest BCUT2D eigenvalue weighted by atomic mass is 35.7. The molecule has 3 aromatic carbocycles. The van der Waals surface area contributed by atoms with Crippen molar-refractivity contribution in [2.45, 2.75) is 25.8 Å². The first-order chi connectivity index (χ1) is 16.8. The molecule has 7 heteroatoms. The van der Waals surface area contributed by atoms with Crippen LogP contribution >= 0.6 is 11.6 Å². The van der Waals surface area contributed by atoms with E-state index in [0.717, 1.165) is 12.8 Å². The first-order valence-corrected chi connectivity index (χ1v) is 13.0. The predicted octanol–water partition coefficient (Wildman–Crippen LogP) is 2.80. The minimum atomic E-state index is -4.94. The maximum atomic E-state index is 8.49. The van der Waals surface area contributed by atoms with Gasteiger partial charge in [-0.2, -0.15) is 4.57 Å². The van der Waals surface area contributed by atoms with E-state index in [1.165, 1.54) is 33.6 Å². The molecule has 0 saturated carbocycles. The topological polar surface area (TPSA) is 96.1 Å². The summed E-state index contributed by atoms with van der Waals surface area (Å²) in [4.78, 5) is 0. The van der Waals surface area contributed by atoms with Crippen molar-refractivity contribution >= 4 is 11.6 Å². The number of pyridine rings is 1. The number of benzene rings is 3. The molecule has 0 radical (unpaired) electrons. The van der Waals surface area contributed by atoms with E-state index < -0.39 is 10.2 Å². The van der Waals surface area contributed by atoms with Gasteiger partial charge in [0.2, 0.25) is 11.4 Å². The summed E-state index contributed by atoms with van der Waals surface area (Å²) < 4.78 is 36.5. The second kappa shape index (κ2) is 12.8. The molecule has 0 bridgehead atoms. The second-order valence-corrected chi connectivity index (χ2v) is 9.03. The Labute approximate surface area is 213 Å². The van der Waals surface area contributed by atoms with Crippen molar-refractivity contribution in [1.82, 2.24) is 0 Å². The zero-order valence-electron chi connectivity index (χ0n) is 19.3. The van der Waals surface area contributed by atoms with E-state index in [9.17, 15) is 0 Å². The molecular weight excluding hydrogens is 485 g/mol. The molecule has 4 aromatic rings. The maximum absolute atomic E-state index is 8.49. The SMILES string of the molecule is CCC(CCCl)[n+]1c(-c2ccccc2)cc(-c2ccccc2)cc1-c1ccccc1.[O-][Cl+3]([O-])([O-])[O-]. The van der Waals surface area contributed by atoms with Crippen LogP contribution in [-0.4, -0.2) is 5.88 Å². The number of aromatic nitrogens is 1. The van der Waals surface area contributed by atoms with Crippen molar-refractivity contribution < 1.29 is 33.4 Å². The lowest BCUT2D eigenvalue weighted by Crippen LogP contribution is -2.68. The molecule has 0 aliphatic heterocycles. The first-order valence-electron chi connectivity index (χ1n) is 11.3. The highest BCUT2D eigenvalue weighted by Gasteiger charge is 2.28. The summed E-state index contributed by atoms with van der Waals surface area (Å²) in [5.74, 6) is 0.647. The Morgan fingerprint density at radius 3 is 1.37 bits per heavy atom. The van der Waals surface area contributed by atoms with Gasteiger partial charge in [-0.15, -0.1) is 21.8 Å². The predicted molar refractivity (Wildman–Crippen MR) is 128 cm³/mol. The fourth-order valence-electron chi connectivity index (χ4n) is 4.10. The van der Waals surface area contributed by atoms with Gasteiger partial charge in [0, 0.05) is 42.0 Å². The van der Waals surface area contributed by atoms with E-state index in [-0.39, 0.29) is 0 Å². The van der Waals surface area contributed by atoms with Gasteiger partial charge in [0.25, 0.3) is 0 Å². The van der Waals surface area contributed by atoms with Gasteiger partial charge in [-0.05, 0) is 35.4 Å². The van der Waals surface area contributed by atoms with Gasteiger partial charge >= 0.3 is 0 Å². The van der Waals surface area contributed by atoms with E-state index in [1.54, 1.807) is 0 Å². The smallest absolute Gasteiger partial charge is 0.213 e. The van der Waals surface area contributed by atoms with Crippen LogP contribution < -0.4 is 23.2 Å². The van der Waals surface area contributed by atoms with Crippen LogP contribution in [0, 0.1) is 10.2 Å². The first kappa shape index (κ1) is 26.8. The molecule has 1 atom stereocenters. The third kappa shape index (κ3) is 7.87. The molecule has 0 spiro atoms. The average molecular weight is 512 g/mol. The monoisotopic (exact) mass is 511 g/mol. The number of rotatable bonds is 7. The Morgan fingerprint density at radius 1 is 0.657 bits per heavy atom. The van der Waals surface area contributed by atoms with Gasteiger partial charge in [0.15, 0.2) is 6.04 Å². The van der Waals surface area contributed by atoms with Gasteiger partial charge in [-0.1, -0.05) is 73.7 Å². The molecule has 0 N–H and O–H groups in total. The maximum Gasteiger partial charge on any atom is 0.213 e. The van der Waals surface area contributed by atoms with Crippen molar-refractivity contribution in [2.24, 2.45) is 0 Å². The highest BCUT2D eigenvalue weighted by molar-refractivity contribution is 6.17. The van der Waals surface area contributed by atoms with Crippen molar-refractivity contribution in [1.29, 1.82) is 0 Å². The summed E-state index contributed by atoms with van der Waals surface area (Å²) in [5.41, 5.74) is 7.36. The number of alkyl halides is 1. The average Bonchev–Trinajstić information content (AvgIpc) is 2.87. The van der Waals surface area contributed by atoms with Crippen LogP contribution in [0.2, 0.25) is 0 Å². The Morgan fingerprint density at radius 2 is 1.03 bits per heavy atom. The van der Waals surface area contributed by atoms with Crippen LogP contribution in [0.1, 0.15) is 25.8 Å². The standard InChI is InChI=1S/C28H27ClN.ClHO4/c1-2-26(18-19-29)30-27(23-14-8-4-9-15-23)20-25(22-12-6-3-7-13-22)21-28(30)24-16-10-5-11-17-24;2-1(3,4)5/h3-17,20-21,26H,2,18-19H2,1H3;(H,2,3,4,5)/q+1;/p-1. The fraction of sp³-hybridized carbons (Fsp3) is 0.179. The summed E-state index contributed by atoms with van der Waals surface area (Å²) in [5, 5.41) is 0. The van der Waals surface area contributed by atoms with Crippen LogP contribution in [0.5, 0.6) is 0 Å². The minimum Gasteiger partial charge on any atom is -0.222 e. The molecule has 1 aromatic heterocycles. The summed E-state index contributed by atoms with van der Waals surface area (Å²) >= 11 is 6.24. The number of halogens is 2. The lowest BCUT2D eigenvalue weighted by atomic mass is 9.97. The van der Waals surface area contributed by atoms with Crippen LogP contribution in [0.15, 0.2) is 103 Å². The molecular formula is C28H27Cl2NO4. The van der Waals surface area contributed by atoms with Crippen molar-refractivity contribution in [2.75, 3.05) is 5.88 Å². The summed E-state index contributed by atoms with van der Waals surface area (Å²) in [7, 11) is -4.94. The molecule has 4 rings (SSSR count). The molecule has 5 nitrogen and oxygen atoms in total. The number of hydrogen-bond acceptors (Lipinski definition) is 4. The fourth-order valence-corrected chi connectivity index (χ4v) is 4.35. The van der Waals surface area contributed by atoms with Crippen LogP contribution in [0.4, 0.5) is 0 Å². The molecule has 0 saturated heterocycles. The van der Waals surface area contributed by atoms with Crippen LogP contribution in [0.25, 0.3) is 33.6 Å². The van der Waals surface area contributed by atoms with Gasteiger partial charge in [0.1, 0.15) is 0 Å². The number of nitrogens with zero attached hydrogens (tertiary/aromatic N) is 1. The lowest BCUT2D eigenvalue weighted by molar-refractivity contribution is -2.00. The van der Waals surface area contributed by atoms with Crippen LogP contribution in [-0.2, 0) is 0 Å². The second-order valence-electron chi connectivity index (χ2n) is 7.90. The molecule has 0 aliphatic carbocycles. The quantitative estimate of drug-likeness (QED) is 0.281. The Bertz CT molecular complexity index is 1120. The summed E-state index contributed by atoms with van der Waals surface area (Å²) in [6, 6.07) is 37.0. The van der Waals surface area contributed by atoms with Gasteiger partial charge in [-0.3, -0.25) is 0 Å². The zero-order valence-corrected chi connectivity index (χ0v) is 20.9. The molecule has 182 valence electrons. The molecule has 1 unspecified atom stereocenters.